The number of nitrogens with one attached hydrogen (secondary N) is 1. The van der Waals surface area contributed by atoms with E-state index in [1.807, 2.05) is 0 Å². The minimum atomic E-state index is -1.07. The summed E-state index contributed by atoms with van der Waals surface area (Å²) < 4.78 is 0. The van der Waals surface area contributed by atoms with Crippen molar-refractivity contribution in [2.45, 2.75) is 32.2 Å². The molecular formula is C17H23ClN2O3. The molecule has 0 spiro atoms. The van der Waals surface area contributed by atoms with Crippen LogP contribution in [0, 0.1) is 5.92 Å². The number of carbonyl (C=O) groups excluding carboxylic acids is 1. The summed E-state index contributed by atoms with van der Waals surface area (Å²) in [6, 6.07) is 5.47. The van der Waals surface area contributed by atoms with Gasteiger partial charge >= 0.3 is 5.97 Å². The Kier molecular flexibility index (Phi) is 6.42. The van der Waals surface area contributed by atoms with Crippen molar-refractivity contribution in [1.82, 2.24) is 10.2 Å². The highest BCUT2D eigenvalue weighted by atomic mass is 35.5. The highest BCUT2D eigenvalue weighted by Crippen LogP contribution is 2.22. The smallest absolute Gasteiger partial charge is 0.330 e. The Morgan fingerprint density at radius 2 is 1.91 bits per heavy atom. The van der Waals surface area contributed by atoms with Crippen LogP contribution in [0.25, 0.3) is 0 Å². The Morgan fingerprint density at radius 3 is 2.43 bits per heavy atom. The van der Waals surface area contributed by atoms with E-state index in [0.29, 0.717) is 22.9 Å². The predicted molar refractivity (Wildman–Crippen MR) is 89.4 cm³/mol. The van der Waals surface area contributed by atoms with Crippen molar-refractivity contribution in [3.05, 3.63) is 34.9 Å². The van der Waals surface area contributed by atoms with Gasteiger partial charge in [-0.05, 0) is 56.1 Å². The number of likely N-dealkylation sites (tertiary alicyclic amines) is 1. The minimum Gasteiger partial charge on any atom is -0.479 e. The molecule has 1 aromatic carbocycles. The molecular weight excluding hydrogens is 316 g/mol. The van der Waals surface area contributed by atoms with Crippen LogP contribution in [0.15, 0.2) is 24.3 Å². The molecule has 1 amide bonds. The van der Waals surface area contributed by atoms with Gasteiger partial charge < -0.3 is 15.3 Å². The van der Waals surface area contributed by atoms with E-state index < -0.39 is 12.0 Å². The second-order valence-corrected chi connectivity index (χ2v) is 6.41. The molecule has 2 N–H and O–H groups in total. The number of halogens is 1. The van der Waals surface area contributed by atoms with E-state index in [1.54, 1.807) is 24.3 Å². The first-order valence-electron chi connectivity index (χ1n) is 7.99. The Labute approximate surface area is 141 Å². The SMILES string of the molecule is CCN1CCC(CC(=O)NC(C(=O)O)c2ccc(Cl)cc2)CC1. The molecule has 1 unspecified atom stereocenters. The van der Waals surface area contributed by atoms with Crippen molar-refractivity contribution in [3.63, 3.8) is 0 Å². The van der Waals surface area contributed by atoms with Gasteiger partial charge in [-0.3, -0.25) is 4.79 Å². The van der Waals surface area contributed by atoms with Crippen LogP contribution in [0.4, 0.5) is 0 Å². The molecule has 1 heterocycles. The third kappa shape index (κ3) is 5.22. The third-order valence-corrected chi connectivity index (χ3v) is 4.64. The predicted octanol–water partition coefficient (Wildman–Crippen LogP) is 2.70. The Bertz CT molecular complexity index is 539. The summed E-state index contributed by atoms with van der Waals surface area (Å²) in [5.41, 5.74) is 0.524. The molecule has 0 bridgehead atoms. The normalized spacial score (nSPS) is 17.7. The zero-order valence-corrected chi connectivity index (χ0v) is 14.1. The van der Waals surface area contributed by atoms with E-state index in [-0.39, 0.29) is 5.91 Å². The summed E-state index contributed by atoms with van der Waals surface area (Å²) in [6.07, 6.45) is 2.36. The average Bonchev–Trinajstić information content (AvgIpc) is 2.54. The zero-order chi connectivity index (χ0) is 16.8. The van der Waals surface area contributed by atoms with Gasteiger partial charge in [0.25, 0.3) is 0 Å². The van der Waals surface area contributed by atoms with Crippen molar-refractivity contribution >= 4 is 23.5 Å². The number of carboxylic acids is 1. The first-order valence-corrected chi connectivity index (χ1v) is 8.37. The standard InChI is InChI=1S/C17H23ClN2O3/c1-2-20-9-7-12(8-10-20)11-15(21)19-16(17(22)23)13-3-5-14(18)6-4-13/h3-6,12,16H,2,7-11H2,1H3,(H,19,21)(H,22,23). The number of piperidine rings is 1. The van der Waals surface area contributed by atoms with Gasteiger partial charge in [0.2, 0.25) is 5.91 Å². The number of carbonyl (C=O) groups is 2. The fourth-order valence-corrected chi connectivity index (χ4v) is 3.06. The van der Waals surface area contributed by atoms with E-state index in [1.165, 1.54) is 0 Å². The lowest BCUT2D eigenvalue weighted by atomic mass is 9.93. The van der Waals surface area contributed by atoms with Crippen LogP contribution < -0.4 is 5.32 Å². The van der Waals surface area contributed by atoms with Gasteiger partial charge in [-0.15, -0.1) is 0 Å². The topological polar surface area (TPSA) is 69.6 Å². The largest absolute Gasteiger partial charge is 0.479 e. The number of hydrogen-bond donors (Lipinski definition) is 2. The maximum Gasteiger partial charge on any atom is 0.330 e. The monoisotopic (exact) mass is 338 g/mol. The van der Waals surface area contributed by atoms with E-state index in [9.17, 15) is 14.7 Å². The van der Waals surface area contributed by atoms with Crippen LogP contribution in [-0.4, -0.2) is 41.5 Å². The summed E-state index contributed by atoms with van der Waals surface area (Å²) in [5, 5.41) is 12.5. The summed E-state index contributed by atoms with van der Waals surface area (Å²) in [7, 11) is 0. The van der Waals surface area contributed by atoms with Gasteiger partial charge in [0.15, 0.2) is 6.04 Å². The molecule has 1 fully saturated rings. The molecule has 1 aromatic rings. The lowest BCUT2D eigenvalue weighted by molar-refractivity contribution is -0.142. The van der Waals surface area contributed by atoms with Crippen LogP contribution >= 0.6 is 11.6 Å². The Balaban J connectivity index is 1.91. The van der Waals surface area contributed by atoms with Gasteiger partial charge in [0, 0.05) is 11.4 Å². The molecule has 23 heavy (non-hydrogen) atoms. The van der Waals surface area contributed by atoms with Crippen LogP contribution in [-0.2, 0) is 9.59 Å². The number of amides is 1. The maximum atomic E-state index is 12.2. The number of benzene rings is 1. The molecule has 2 rings (SSSR count). The number of rotatable bonds is 6. The van der Waals surface area contributed by atoms with Crippen molar-refractivity contribution in [2.75, 3.05) is 19.6 Å². The fraction of sp³-hybridized carbons (Fsp3) is 0.529. The van der Waals surface area contributed by atoms with Gasteiger partial charge in [-0.2, -0.15) is 0 Å². The van der Waals surface area contributed by atoms with Gasteiger partial charge in [0.1, 0.15) is 0 Å². The summed E-state index contributed by atoms with van der Waals surface area (Å²) in [5.74, 6) is -0.943. The number of nitrogens with zero attached hydrogens (tertiary/aromatic N) is 1. The number of carboxylic acid groups (broad SMARTS) is 1. The second kappa shape index (κ2) is 8.31. The molecule has 6 heteroatoms. The van der Waals surface area contributed by atoms with Gasteiger partial charge in [0.05, 0.1) is 0 Å². The van der Waals surface area contributed by atoms with E-state index in [4.69, 9.17) is 11.6 Å². The van der Waals surface area contributed by atoms with Crippen LogP contribution in [0.5, 0.6) is 0 Å². The Hall–Kier alpha value is -1.59. The summed E-state index contributed by atoms with van der Waals surface area (Å²) >= 11 is 5.82. The van der Waals surface area contributed by atoms with Gasteiger partial charge in [-0.25, -0.2) is 4.79 Å². The van der Waals surface area contributed by atoms with Crippen molar-refractivity contribution in [3.8, 4) is 0 Å². The van der Waals surface area contributed by atoms with E-state index in [0.717, 1.165) is 32.5 Å². The van der Waals surface area contributed by atoms with E-state index in [2.05, 4.69) is 17.1 Å². The quantitative estimate of drug-likeness (QED) is 0.836. The van der Waals surface area contributed by atoms with Crippen LogP contribution in [0.1, 0.15) is 37.8 Å². The molecule has 0 aliphatic carbocycles. The second-order valence-electron chi connectivity index (χ2n) is 5.97. The molecule has 1 aliphatic rings. The number of hydrogen-bond acceptors (Lipinski definition) is 3. The molecule has 1 saturated heterocycles. The first-order chi connectivity index (χ1) is 11.0. The van der Waals surface area contributed by atoms with Crippen LogP contribution in [0.3, 0.4) is 0 Å². The molecule has 0 radical (unpaired) electrons. The maximum absolute atomic E-state index is 12.2. The number of aliphatic carboxylic acids is 1. The van der Waals surface area contributed by atoms with Crippen molar-refractivity contribution in [2.24, 2.45) is 5.92 Å². The zero-order valence-electron chi connectivity index (χ0n) is 13.3. The molecule has 0 aromatic heterocycles. The minimum absolute atomic E-state index is 0.206. The highest BCUT2D eigenvalue weighted by molar-refractivity contribution is 6.30. The van der Waals surface area contributed by atoms with Crippen molar-refractivity contribution in [1.29, 1.82) is 0 Å². The van der Waals surface area contributed by atoms with E-state index >= 15 is 0 Å². The van der Waals surface area contributed by atoms with Crippen molar-refractivity contribution < 1.29 is 14.7 Å². The third-order valence-electron chi connectivity index (χ3n) is 4.38. The first kappa shape index (κ1) is 17.8. The lowest BCUT2D eigenvalue weighted by Crippen LogP contribution is -2.38. The summed E-state index contributed by atoms with van der Waals surface area (Å²) in [4.78, 5) is 26.0. The fourth-order valence-electron chi connectivity index (χ4n) is 2.93. The lowest BCUT2D eigenvalue weighted by Gasteiger charge is -2.30. The molecule has 1 aliphatic heterocycles. The average molecular weight is 339 g/mol. The molecule has 126 valence electrons. The Morgan fingerprint density at radius 1 is 1.30 bits per heavy atom. The highest BCUT2D eigenvalue weighted by Gasteiger charge is 2.25. The molecule has 0 saturated carbocycles. The van der Waals surface area contributed by atoms with Gasteiger partial charge in [-0.1, -0.05) is 30.7 Å². The molecule has 5 nitrogen and oxygen atoms in total. The van der Waals surface area contributed by atoms with Crippen LogP contribution in [0.2, 0.25) is 5.02 Å². The summed E-state index contributed by atoms with van der Waals surface area (Å²) in [6.45, 7) is 5.19. The molecule has 1 atom stereocenters.